The van der Waals surface area contributed by atoms with Crippen molar-refractivity contribution in [1.29, 1.82) is 0 Å². The lowest BCUT2D eigenvalue weighted by molar-refractivity contribution is -0.253. The fourth-order valence-corrected chi connectivity index (χ4v) is 4.73. The number of hydrogen-bond donors (Lipinski definition) is 4. The Labute approximate surface area is 256 Å². The van der Waals surface area contributed by atoms with Gasteiger partial charge in [-0.3, -0.25) is 19.2 Å². The number of rotatable bonds is 14. The topological polar surface area (TPSA) is 179 Å². The number of carboxylic acids is 1. The van der Waals surface area contributed by atoms with Crippen LogP contribution in [0.3, 0.4) is 0 Å². The third-order valence-electron chi connectivity index (χ3n) is 6.11. The van der Waals surface area contributed by atoms with Crippen LogP contribution < -0.4 is 20.7 Å². The number of thioether (sulfide) groups is 1. The van der Waals surface area contributed by atoms with E-state index < -0.39 is 53.1 Å². The van der Waals surface area contributed by atoms with Crippen molar-refractivity contribution in [2.75, 3.05) is 32.6 Å². The Morgan fingerprint density at radius 2 is 1.77 bits per heavy atom. The third-order valence-corrected chi connectivity index (χ3v) is 7.09. The van der Waals surface area contributed by atoms with Crippen molar-refractivity contribution in [1.82, 2.24) is 16.0 Å². The average molecular weight is 626 g/mol. The minimum absolute atomic E-state index is 0.00508. The average Bonchev–Trinajstić information content (AvgIpc) is 2.90. The molecule has 0 saturated carbocycles. The Morgan fingerprint density at radius 3 is 2.37 bits per heavy atom. The van der Waals surface area contributed by atoms with E-state index in [1.165, 1.54) is 0 Å². The number of nitrogens with one attached hydrogen (secondary N) is 3. The first kappa shape index (κ1) is 35.8. The van der Waals surface area contributed by atoms with Crippen molar-refractivity contribution >= 4 is 40.8 Å². The van der Waals surface area contributed by atoms with Crippen LogP contribution in [0.15, 0.2) is 24.3 Å². The number of aliphatic carboxylic acids is 1. The first-order valence-electron chi connectivity index (χ1n) is 13.9. The summed E-state index contributed by atoms with van der Waals surface area (Å²) in [5.41, 5.74) is -0.423. The second-order valence-electron chi connectivity index (χ2n) is 11.7. The highest BCUT2D eigenvalue weighted by atomic mass is 32.2. The van der Waals surface area contributed by atoms with Crippen LogP contribution in [0.4, 0.5) is 4.79 Å². The van der Waals surface area contributed by atoms with Gasteiger partial charge < -0.3 is 40.0 Å². The highest BCUT2D eigenvalue weighted by Gasteiger charge is 2.42. The molecular formula is C29H43N3O10S. The Hall–Kier alpha value is -3.36. The van der Waals surface area contributed by atoms with Gasteiger partial charge in [-0.15, -0.1) is 0 Å². The SMILES string of the molecule is COc1ccc(CC2OCC(C)(C)[C@H](C(=O)NCCC(=O)NCCSC(=O)[C@H](CC(=O)O)NC(=O)OC(C)(C)C)O2)cc1. The number of alkyl carbamates (subject to hydrolysis) is 1. The molecule has 1 aliphatic rings. The molecule has 240 valence electrons. The molecule has 3 atom stereocenters. The highest BCUT2D eigenvalue weighted by Crippen LogP contribution is 2.31. The molecule has 1 aromatic rings. The predicted molar refractivity (Wildman–Crippen MR) is 159 cm³/mol. The standard InChI is InChI=1S/C29H43N3O10S/c1-28(2,3)42-27(38)32-20(16-22(34)35)26(37)43-14-13-30-21(33)11-12-31-25(36)24-29(4,5)17-40-23(41-24)15-18-7-9-19(39-6)10-8-18/h7-10,20,23-24H,11-17H2,1-6H3,(H,30,33)(H,31,36)(H,32,38)(H,34,35)/t20-,23?,24-/m0/s1. The molecule has 14 heteroatoms. The minimum Gasteiger partial charge on any atom is -0.497 e. The van der Waals surface area contributed by atoms with Gasteiger partial charge in [0.15, 0.2) is 6.29 Å². The van der Waals surface area contributed by atoms with E-state index in [1.54, 1.807) is 27.9 Å². The molecule has 4 N–H and O–H groups in total. The van der Waals surface area contributed by atoms with E-state index in [2.05, 4.69) is 16.0 Å². The summed E-state index contributed by atoms with van der Waals surface area (Å²) < 4.78 is 22.1. The van der Waals surface area contributed by atoms with Gasteiger partial charge in [0.2, 0.25) is 16.9 Å². The lowest BCUT2D eigenvalue weighted by atomic mass is 9.85. The number of ether oxygens (including phenoxy) is 4. The molecule has 1 aliphatic heterocycles. The van der Waals surface area contributed by atoms with E-state index in [4.69, 9.17) is 24.1 Å². The van der Waals surface area contributed by atoms with Gasteiger partial charge >= 0.3 is 12.1 Å². The number of carbonyl (C=O) groups excluding carboxylic acids is 4. The maximum Gasteiger partial charge on any atom is 0.408 e. The first-order chi connectivity index (χ1) is 20.1. The summed E-state index contributed by atoms with van der Waals surface area (Å²) >= 11 is 0.787. The summed E-state index contributed by atoms with van der Waals surface area (Å²) in [4.78, 5) is 60.8. The Morgan fingerprint density at radius 1 is 1.09 bits per heavy atom. The van der Waals surface area contributed by atoms with Gasteiger partial charge in [-0.2, -0.15) is 0 Å². The molecule has 0 spiro atoms. The molecule has 13 nitrogen and oxygen atoms in total. The zero-order chi connectivity index (χ0) is 32.2. The van der Waals surface area contributed by atoms with Crippen LogP contribution >= 0.6 is 11.8 Å². The summed E-state index contributed by atoms with van der Waals surface area (Å²) in [6, 6.07) is 6.21. The molecule has 43 heavy (non-hydrogen) atoms. The van der Waals surface area contributed by atoms with Crippen molar-refractivity contribution in [3.63, 3.8) is 0 Å². The van der Waals surface area contributed by atoms with Gasteiger partial charge in [-0.1, -0.05) is 37.7 Å². The van der Waals surface area contributed by atoms with Gasteiger partial charge in [-0.25, -0.2) is 4.79 Å². The van der Waals surface area contributed by atoms with Crippen LogP contribution in [0.2, 0.25) is 0 Å². The second kappa shape index (κ2) is 16.5. The van der Waals surface area contributed by atoms with E-state index in [-0.39, 0.29) is 37.1 Å². The fourth-order valence-electron chi connectivity index (χ4n) is 3.98. The number of amides is 3. The summed E-state index contributed by atoms with van der Waals surface area (Å²) in [6.07, 6.45) is -2.41. The smallest absolute Gasteiger partial charge is 0.408 e. The van der Waals surface area contributed by atoms with E-state index in [0.29, 0.717) is 13.0 Å². The van der Waals surface area contributed by atoms with Crippen LogP contribution in [0.5, 0.6) is 5.75 Å². The third kappa shape index (κ3) is 13.2. The van der Waals surface area contributed by atoms with Crippen LogP contribution in [0.1, 0.15) is 53.0 Å². The number of methoxy groups -OCH3 is 1. The van der Waals surface area contributed by atoms with Crippen LogP contribution in [0.25, 0.3) is 0 Å². The van der Waals surface area contributed by atoms with E-state index in [9.17, 15) is 24.0 Å². The van der Waals surface area contributed by atoms with E-state index in [0.717, 1.165) is 23.1 Å². The number of carboxylic acid groups (broad SMARTS) is 1. The molecule has 0 bridgehead atoms. The van der Waals surface area contributed by atoms with E-state index >= 15 is 0 Å². The fraction of sp³-hybridized carbons (Fsp3) is 0.621. The molecule has 0 aliphatic carbocycles. The minimum atomic E-state index is -1.28. The molecule has 1 aromatic carbocycles. The zero-order valence-corrected chi connectivity index (χ0v) is 26.3. The molecule has 0 radical (unpaired) electrons. The van der Waals surface area contributed by atoms with Gasteiger partial charge in [0.25, 0.3) is 0 Å². The summed E-state index contributed by atoms with van der Waals surface area (Å²) in [5, 5.41) is 16.2. The zero-order valence-electron chi connectivity index (χ0n) is 25.5. The lowest BCUT2D eigenvalue weighted by Crippen LogP contribution is -2.54. The largest absolute Gasteiger partial charge is 0.497 e. The molecule has 3 amide bonds. The maximum absolute atomic E-state index is 12.9. The Bertz CT molecular complexity index is 1120. The maximum atomic E-state index is 12.9. The van der Waals surface area contributed by atoms with Gasteiger partial charge in [0.1, 0.15) is 23.5 Å². The molecule has 1 saturated heterocycles. The normalized spacial score (nSPS) is 18.6. The molecule has 2 rings (SSSR count). The first-order valence-corrected chi connectivity index (χ1v) is 14.9. The Kier molecular flexibility index (Phi) is 13.7. The number of carbonyl (C=O) groups is 5. The quantitative estimate of drug-likeness (QED) is 0.223. The van der Waals surface area contributed by atoms with E-state index in [1.807, 2.05) is 38.1 Å². The van der Waals surface area contributed by atoms with Gasteiger partial charge in [0, 0.05) is 37.1 Å². The molecule has 0 aromatic heterocycles. The monoisotopic (exact) mass is 625 g/mol. The molecule has 1 unspecified atom stereocenters. The van der Waals surface area contributed by atoms with Gasteiger partial charge in [0.05, 0.1) is 20.1 Å². The number of benzene rings is 1. The summed E-state index contributed by atoms with van der Waals surface area (Å²) in [6.45, 7) is 9.20. The van der Waals surface area contributed by atoms with Crippen molar-refractivity contribution in [3.05, 3.63) is 29.8 Å². The molecular weight excluding hydrogens is 582 g/mol. The van der Waals surface area contributed by atoms with Crippen molar-refractivity contribution < 1.29 is 48.0 Å². The van der Waals surface area contributed by atoms with Crippen molar-refractivity contribution in [2.24, 2.45) is 5.41 Å². The predicted octanol–water partition coefficient (Wildman–Crippen LogP) is 2.26. The summed E-state index contributed by atoms with van der Waals surface area (Å²) in [5.74, 6) is -1.05. The highest BCUT2D eigenvalue weighted by molar-refractivity contribution is 8.13. The van der Waals surface area contributed by atoms with Gasteiger partial charge in [-0.05, 0) is 38.5 Å². The lowest BCUT2D eigenvalue weighted by Gasteiger charge is -2.41. The number of hydrogen-bond acceptors (Lipinski definition) is 10. The van der Waals surface area contributed by atoms with Crippen LogP contribution in [0, 0.1) is 5.41 Å². The molecule has 1 fully saturated rings. The van der Waals surface area contributed by atoms with Crippen LogP contribution in [-0.2, 0) is 39.8 Å². The van der Waals surface area contributed by atoms with Crippen molar-refractivity contribution in [2.45, 2.75) is 77.9 Å². The Balaban J connectivity index is 1.74. The van der Waals surface area contributed by atoms with Crippen molar-refractivity contribution in [3.8, 4) is 5.75 Å². The molecule has 1 heterocycles. The van der Waals surface area contributed by atoms with Crippen LogP contribution in [-0.4, -0.2) is 90.7 Å². The summed E-state index contributed by atoms with van der Waals surface area (Å²) in [7, 11) is 1.59. The second-order valence-corrected chi connectivity index (χ2v) is 12.8.